The molecule has 0 aliphatic carbocycles. The molecular formula is C11H6ClF3N4O2. The van der Waals surface area contributed by atoms with Gasteiger partial charge in [-0.05, 0) is 12.1 Å². The number of nitro groups is 1. The number of anilines is 2. The molecule has 1 N–H and O–H groups in total. The smallest absolute Gasteiger partial charge is 0.340 e. The van der Waals surface area contributed by atoms with Crippen molar-refractivity contribution in [2.75, 3.05) is 5.32 Å². The zero-order valence-corrected chi connectivity index (χ0v) is 10.8. The molecule has 0 unspecified atom stereocenters. The number of rotatable bonds is 3. The summed E-state index contributed by atoms with van der Waals surface area (Å²) >= 11 is 5.51. The predicted octanol–water partition coefficient (Wildman–Crippen LogP) is 3.80. The van der Waals surface area contributed by atoms with E-state index in [1.54, 1.807) is 0 Å². The number of alkyl halides is 3. The maximum atomic E-state index is 12.5. The third kappa shape index (κ3) is 3.78. The van der Waals surface area contributed by atoms with Crippen LogP contribution in [0.5, 0.6) is 0 Å². The minimum Gasteiger partial charge on any atom is -0.340 e. The van der Waals surface area contributed by atoms with E-state index in [-0.39, 0.29) is 16.7 Å². The van der Waals surface area contributed by atoms with Crippen LogP contribution in [0.2, 0.25) is 5.15 Å². The molecular weight excluding hydrogens is 313 g/mol. The topological polar surface area (TPSA) is 81.0 Å². The number of benzene rings is 1. The van der Waals surface area contributed by atoms with Crippen molar-refractivity contribution in [3.8, 4) is 0 Å². The highest BCUT2D eigenvalue weighted by molar-refractivity contribution is 6.29. The van der Waals surface area contributed by atoms with E-state index >= 15 is 0 Å². The van der Waals surface area contributed by atoms with Gasteiger partial charge in [0.1, 0.15) is 11.0 Å². The van der Waals surface area contributed by atoms with Crippen molar-refractivity contribution in [2.45, 2.75) is 6.18 Å². The molecule has 21 heavy (non-hydrogen) atoms. The Morgan fingerprint density at radius 1 is 1.19 bits per heavy atom. The molecule has 2 aromatic rings. The van der Waals surface area contributed by atoms with E-state index < -0.39 is 16.9 Å². The first kappa shape index (κ1) is 15.0. The first-order valence-corrected chi connectivity index (χ1v) is 5.77. The van der Waals surface area contributed by atoms with E-state index in [9.17, 15) is 23.3 Å². The molecule has 1 heterocycles. The molecule has 10 heteroatoms. The first-order chi connectivity index (χ1) is 9.75. The van der Waals surface area contributed by atoms with Crippen LogP contribution in [0.15, 0.2) is 30.3 Å². The largest absolute Gasteiger partial charge is 0.451 e. The minimum atomic E-state index is -4.73. The second kappa shape index (κ2) is 5.52. The third-order valence-electron chi connectivity index (χ3n) is 2.30. The van der Waals surface area contributed by atoms with Gasteiger partial charge < -0.3 is 5.32 Å². The van der Waals surface area contributed by atoms with E-state index in [2.05, 4.69) is 15.3 Å². The lowest BCUT2D eigenvalue weighted by molar-refractivity contribution is -0.384. The monoisotopic (exact) mass is 318 g/mol. The quantitative estimate of drug-likeness (QED) is 0.529. The molecule has 0 atom stereocenters. The average molecular weight is 319 g/mol. The SMILES string of the molecule is O=[N+]([O-])c1ccc(Nc2cc(Cl)nc(C(F)(F)F)n2)cc1. The summed E-state index contributed by atoms with van der Waals surface area (Å²) < 4.78 is 37.6. The molecule has 0 bridgehead atoms. The predicted molar refractivity (Wildman–Crippen MR) is 68.4 cm³/mol. The van der Waals surface area contributed by atoms with E-state index in [0.29, 0.717) is 5.69 Å². The first-order valence-electron chi connectivity index (χ1n) is 5.39. The molecule has 0 saturated carbocycles. The Morgan fingerprint density at radius 3 is 2.33 bits per heavy atom. The number of hydrogen-bond acceptors (Lipinski definition) is 5. The molecule has 2 rings (SSSR count). The van der Waals surface area contributed by atoms with Gasteiger partial charge in [-0.1, -0.05) is 11.6 Å². The number of nitrogens with zero attached hydrogens (tertiary/aromatic N) is 3. The van der Waals surface area contributed by atoms with Gasteiger partial charge in [0.25, 0.3) is 5.69 Å². The fourth-order valence-corrected chi connectivity index (χ4v) is 1.61. The van der Waals surface area contributed by atoms with Gasteiger partial charge in [0.2, 0.25) is 5.82 Å². The lowest BCUT2D eigenvalue weighted by Gasteiger charge is -2.09. The molecule has 0 amide bonds. The highest BCUT2D eigenvalue weighted by Crippen LogP contribution is 2.29. The van der Waals surface area contributed by atoms with Gasteiger partial charge in [-0.2, -0.15) is 13.2 Å². The third-order valence-corrected chi connectivity index (χ3v) is 2.49. The van der Waals surface area contributed by atoms with Crippen molar-refractivity contribution in [1.29, 1.82) is 0 Å². The second-order valence-electron chi connectivity index (χ2n) is 3.83. The van der Waals surface area contributed by atoms with Crippen LogP contribution in [-0.4, -0.2) is 14.9 Å². The van der Waals surface area contributed by atoms with Crippen LogP contribution >= 0.6 is 11.6 Å². The maximum absolute atomic E-state index is 12.5. The van der Waals surface area contributed by atoms with Crippen molar-refractivity contribution in [2.24, 2.45) is 0 Å². The molecule has 1 aromatic carbocycles. The molecule has 1 aromatic heterocycles. The van der Waals surface area contributed by atoms with Gasteiger partial charge >= 0.3 is 6.18 Å². The Kier molecular flexibility index (Phi) is 3.94. The van der Waals surface area contributed by atoms with E-state index in [0.717, 1.165) is 6.07 Å². The summed E-state index contributed by atoms with van der Waals surface area (Å²) in [6.45, 7) is 0. The summed E-state index contributed by atoms with van der Waals surface area (Å²) in [4.78, 5) is 16.3. The van der Waals surface area contributed by atoms with Crippen LogP contribution in [-0.2, 0) is 6.18 Å². The lowest BCUT2D eigenvalue weighted by atomic mass is 10.3. The fourth-order valence-electron chi connectivity index (χ4n) is 1.42. The van der Waals surface area contributed by atoms with Gasteiger partial charge in [0, 0.05) is 23.9 Å². The average Bonchev–Trinajstić information content (AvgIpc) is 2.37. The van der Waals surface area contributed by atoms with Crippen LogP contribution < -0.4 is 5.32 Å². The normalized spacial score (nSPS) is 11.2. The molecule has 0 fully saturated rings. The molecule has 6 nitrogen and oxygen atoms in total. The summed E-state index contributed by atoms with van der Waals surface area (Å²) in [5, 5.41) is 12.7. The summed E-state index contributed by atoms with van der Waals surface area (Å²) in [6, 6.07) is 6.19. The number of nitrogens with one attached hydrogen (secondary N) is 1. The van der Waals surface area contributed by atoms with E-state index in [1.165, 1.54) is 24.3 Å². The van der Waals surface area contributed by atoms with Crippen LogP contribution in [0.25, 0.3) is 0 Å². The fraction of sp³-hybridized carbons (Fsp3) is 0.0909. The van der Waals surface area contributed by atoms with Gasteiger partial charge in [-0.25, -0.2) is 9.97 Å². The number of halogens is 4. The van der Waals surface area contributed by atoms with Crippen LogP contribution in [0.3, 0.4) is 0 Å². The Bertz CT molecular complexity index is 676. The Balaban J connectivity index is 2.27. The summed E-state index contributed by atoms with van der Waals surface area (Å²) in [7, 11) is 0. The van der Waals surface area contributed by atoms with E-state index in [4.69, 9.17) is 11.6 Å². The van der Waals surface area contributed by atoms with Crippen molar-refractivity contribution in [3.63, 3.8) is 0 Å². The van der Waals surface area contributed by atoms with Gasteiger partial charge in [-0.15, -0.1) is 0 Å². The lowest BCUT2D eigenvalue weighted by Crippen LogP contribution is -2.12. The second-order valence-corrected chi connectivity index (χ2v) is 4.21. The van der Waals surface area contributed by atoms with Crippen molar-refractivity contribution < 1.29 is 18.1 Å². The van der Waals surface area contributed by atoms with Crippen molar-refractivity contribution in [3.05, 3.63) is 51.4 Å². The number of nitro benzene ring substituents is 1. The summed E-state index contributed by atoms with van der Waals surface area (Å²) in [5.74, 6) is -1.55. The molecule has 0 radical (unpaired) electrons. The molecule has 0 spiro atoms. The zero-order chi connectivity index (χ0) is 15.6. The Labute approximate surface area is 120 Å². The highest BCUT2D eigenvalue weighted by atomic mass is 35.5. The van der Waals surface area contributed by atoms with Crippen LogP contribution in [0.4, 0.5) is 30.4 Å². The molecule has 0 aliphatic heterocycles. The standard InChI is InChI=1S/C11H6ClF3N4O2/c12-8-5-9(18-10(17-8)11(13,14)15)16-6-1-3-7(4-2-6)19(20)21/h1-5H,(H,16,17,18). The number of non-ortho nitro benzene ring substituents is 1. The summed E-state index contributed by atoms with van der Waals surface area (Å²) in [5.41, 5.74) is 0.181. The number of aromatic nitrogens is 2. The Morgan fingerprint density at radius 2 is 1.81 bits per heavy atom. The number of hydrogen-bond donors (Lipinski definition) is 1. The maximum Gasteiger partial charge on any atom is 0.451 e. The van der Waals surface area contributed by atoms with Crippen molar-refractivity contribution >= 4 is 28.8 Å². The van der Waals surface area contributed by atoms with Gasteiger partial charge in [0.05, 0.1) is 4.92 Å². The summed E-state index contributed by atoms with van der Waals surface area (Å²) in [6.07, 6.45) is -4.73. The molecule has 0 saturated heterocycles. The highest BCUT2D eigenvalue weighted by Gasteiger charge is 2.35. The van der Waals surface area contributed by atoms with Gasteiger partial charge in [0.15, 0.2) is 0 Å². The molecule has 0 aliphatic rings. The van der Waals surface area contributed by atoms with E-state index in [1.807, 2.05) is 0 Å². The molecule has 110 valence electrons. The van der Waals surface area contributed by atoms with Crippen LogP contribution in [0, 0.1) is 10.1 Å². The van der Waals surface area contributed by atoms with Crippen LogP contribution in [0.1, 0.15) is 5.82 Å². The van der Waals surface area contributed by atoms with Gasteiger partial charge in [-0.3, -0.25) is 10.1 Å². The van der Waals surface area contributed by atoms with Crippen molar-refractivity contribution in [1.82, 2.24) is 9.97 Å². The zero-order valence-electron chi connectivity index (χ0n) is 10.1. The Hall–Kier alpha value is -2.42. The minimum absolute atomic E-state index is 0.141.